The third kappa shape index (κ3) is 3.30. The van der Waals surface area contributed by atoms with Crippen LogP contribution in [0.1, 0.15) is 5.56 Å². The number of sulfone groups is 1. The van der Waals surface area contributed by atoms with Gasteiger partial charge in [0, 0.05) is 12.3 Å². The van der Waals surface area contributed by atoms with Crippen molar-refractivity contribution in [2.45, 2.75) is 17.4 Å². The summed E-state index contributed by atoms with van der Waals surface area (Å²) >= 11 is 0. The fourth-order valence-electron chi connectivity index (χ4n) is 1.38. The maximum atomic E-state index is 11.4. The summed E-state index contributed by atoms with van der Waals surface area (Å²) in [4.78, 5) is 0.286. The van der Waals surface area contributed by atoms with Gasteiger partial charge in [0.2, 0.25) is 0 Å². The maximum Gasteiger partial charge on any atom is 0.175 e. The van der Waals surface area contributed by atoms with Crippen molar-refractivity contribution < 1.29 is 13.5 Å². The number of nitrogens with two attached hydrogens (primary N) is 1. The van der Waals surface area contributed by atoms with Crippen molar-refractivity contribution in [1.29, 1.82) is 0 Å². The van der Waals surface area contributed by atoms with Crippen LogP contribution in [0.3, 0.4) is 0 Å². The Hall–Kier alpha value is -0.910. The monoisotopic (exact) mass is 229 g/mol. The van der Waals surface area contributed by atoms with Crippen LogP contribution in [0.2, 0.25) is 0 Å². The largest absolute Gasteiger partial charge is 0.395 e. The fourth-order valence-corrected chi connectivity index (χ4v) is 2.33. The predicted molar refractivity (Wildman–Crippen MR) is 58.3 cm³/mol. The zero-order chi connectivity index (χ0) is 11.5. The summed E-state index contributed by atoms with van der Waals surface area (Å²) in [6, 6.07) is 6.27. The van der Waals surface area contributed by atoms with E-state index in [1.165, 1.54) is 0 Å². The Bertz CT molecular complexity index is 428. The molecule has 1 aromatic rings. The number of rotatable bonds is 4. The molecular formula is C10H15NO3S. The van der Waals surface area contributed by atoms with Gasteiger partial charge in [0.15, 0.2) is 9.84 Å². The smallest absolute Gasteiger partial charge is 0.175 e. The lowest BCUT2D eigenvalue weighted by atomic mass is 10.1. The van der Waals surface area contributed by atoms with Gasteiger partial charge in [0.1, 0.15) is 0 Å². The molecule has 0 aromatic heterocycles. The summed E-state index contributed by atoms with van der Waals surface area (Å²) in [5.41, 5.74) is 6.23. The molecule has 1 unspecified atom stereocenters. The Balaban J connectivity index is 3.08. The second-order valence-corrected chi connectivity index (χ2v) is 5.51. The highest BCUT2D eigenvalue weighted by molar-refractivity contribution is 7.90. The standard InChI is InChI=1S/C10H15NO3S/c1-15(13,14)10-5-3-2-4-8(10)6-9(11)7-12/h2-5,9,12H,6-7,11H2,1H3. The molecule has 0 spiro atoms. The van der Waals surface area contributed by atoms with Crippen LogP contribution in [0.15, 0.2) is 29.2 Å². The van der Waals surface area contributed by atoms with Crippen molar-refractivity contribution in [3.63, 3.8) is 0 Å². The van der Waals surface area contributed by atoms with Crippen molar-refractivity contribution >= 4 is 9.84 Å². The summed E-state index contributed by atoms with van der Waals surface area (Å²) in [6.45, 7) is -0.155. The summed E-state index contributed by atoms with van der Waals surface area (Å²) in [6.07, 6.45) is 1.52. The molecule has 0 heterocycles. The number of benzene rings is 1. The number of hydrogen-bond acceptors (Lipinski definition) is 4. The molecule has 1 rings (SSSR count). The van der Waals surface area contributed by atoms with E-state index in [4.69, 9.17) is 10.8 Å². The van der Waals surface area contributed by atoms with E-state index in [0.717, 1.165) is 6.26 Å². The van der Waals surface area contributed by atoms with Gasteiger partial charge in [-0.05, 0) is 18.1 Å². The van der Waals surface area contributed by atoms with Gasteiger partial charge >= 0.3 is 0 Å². The van der Waals surface area contributed by atoms with Crippen molar-refractivity contribution in [1.82, 2.24) is 0 Å². The van der Waals surface area contributed by atoms with Crippen LogP contribution in [0, 0.1) is 0 Å². The zero-order valence-corrected chi connectivity index (χ0v) is 9.37. The van der Waals surface area contributed by atoms with Gasteiger partial charge in [-0.3, -0.25) is 0 Å². The first kappa shape index (κ1) is 12.2. The van der Waals surface area contributed by atoms with Gasteiger partial charge in [0.25, 0.3) is 0 Å². The first-order chi connectivity index (χ1) is 6.95. The summed E-state index contributed by atoms with van der Waals surface area (Å²) in [5, 5.41) is 8.82. The molecule has 15 heavy (non-hydrogen) atoms. The third-order valence-corrected chi connectivity index (χ3v) is 3.29. The van der Waals surface area contributed by atoms with E-state index in [1.54, 1.807) is 24.3 Å². The highest BCUT2D eigenvalue weighted by atomic mass is 32.2. The average molecular weight is 229 g/mol. The second kappa shape index (κ2) is 4.74. The molecule has 0 saturated carbocycles. The van der Waals surface area contributed by atoms with Crippen LogP contribution in [0.5, 0.6) is 0 Å². The molecule has 0 radical (unpaired) electrons. The molecule has 1 aromatic carbocycles. The Morgan fingerprint density at radius 2 is 2.00 bits per heavy atom. The molecule has 0 saturated heterocycles. The van der Waals surface area contributed by atoms with Crippen molar-refractivity contribution in [2.24, 2.45) is 5.73 Å². The Morgan fingerprint density at radius 3 is 2.53 bits per heavy atom. The average Bonchev–Trinajstić information content (AvgIpc) is 2.17. The molecule has 0 fully saturated rings. The number of aliphatic hydroxyl groups is 1. The Morgan fingerprint density at radius 1 is 1.40 bits per heavy atom. The SMILES string of the molecule is CS(=O)(=O)c1ccccc1CC(N)CO. The molecule has 0 aliphatic rings. The van der Waals surface area contributed by atoms with Crippen molar-refractivity contribution in [2.75, 3.05) is 12.9 Å². The highest BCUT2D eigenvalue weighted by Crippen LogP contribution is 2.16. The van der Waals surface area contributed by atoms with Gasteiger partial charge < -0.3 is 10.8 Å². The van der Waals surface area contributed by atoms with Crippen LogP contribution >= 0.6 is 0 Å². The summed E-state index contributed by atoms with van der Waals surface area (Å²) < 4.78 is 22.8. The minimum absolute atomic E-state index is 0.155. The molecule has 5 heteroatoms. The Labute approximate surface area is 89.7 Å². The van der Waals surface area contributed by atoms with Gasteiger partial charge in [-0.1, -0.05) is 18.2 Å². The van der Waals surface area contributed by atoms with Crippen molar-refractivity contribution in [3.8, 4) is 0 Å². The minimum atomic E-state index is -3.22. The molecular weight excluding hydrogens is 214 g/mol. The van der Waals surface area contributed by atoms with Gasteiger partial charge in [-0.15, -0.1) is 0 Å². The van der Waals surface area contributed by atoms with Crippen LogP contribution in [0.4, 0.5) is 0 Å². The quantitative estimate of drug-likeness (QED) is 0.758. The highest BCUT2D eigenvalue weighted by Gasteiger charge is 2.14. The lowest BCUT2D eigenvalue weighted by Gasteiger charge is -2.11. The minimum Gasteiger partial charge on any atom is -0.395 e. The number of hydrogen-bond donors (Lipinski definition) is 2. The number of aliphatic hydroxyl groups excluding tert-OH is 1. The topological polar surface area (TPSA) is 80.4 Å². The lowest BCUT2D eigenvalue weighted by molar-refractivity contribution is 0.265. The Kier molecular flexibility index (Phi) is 3.84. The normalized spacial score (nSPS) is 13.8. The van der Waals surface area contributed by atoms with E-state index >= 15 is 0 Å². The predicted octanol–water partition coefficient (Wildman–Crippen LogP) is -0.0478. The first-order valence-electron chi connectivity index (χ1n) is 4.59. The van der Waals surface area contributed by atoms with Crippen LogP contribution in [0.25, 0.3) is 0 Å². The molecule has 0 amide bonds. The molecule has 84 valence electrons. The fraction of sp³-hybridized carbons (Fsp3) is 0.400. The molecule has 4 nitrogen and oxygen atoms in total. The van der Waals surface area contributed by atoms with Crippen molar-refractivity contribution in [3.05, 3.63) is 29.8 Å². The van der Waals surface area contributed by atoms with Crippen LogP contribution in [-0.4, -0.2) is 32.4 Å². The van der Waals surface area contributed by atoms with Crippen LogP contribution < -0.4 is 5.73 Å². The lowest BCUT2D eigenvalue weighted by Crippen LogP contribution is -2.27. The summed E-state index contributed by atoms with van der Waals surface area (Å²) in [7, 11) is -3.22. The third-order valence-electron chi connectivity index (χ3n) is 2.09. The van der Waals surface area contributed by atoms with Gasteiger partial charge in [0.05, 0.1) is 11.5 Å². The van der Waals surface area contributed by atoms with E-state index in [-0.39, 0.29) is 11.5 Å². The molecule has 0 bridgehead atoms. The molecule has 0 aliphatic carbocycles. The van der Waals surface area contributed by atoms with Crippen LogP contribution in [-0.2, 0) is 16.3 Å². The maximum absolute atomic E-state index is 11.4. The molecule has 3 N–H and O–H groups in total. The second-order valence-electron chi connectivity index (χ2n) is 3.53. The zero-order valence-electron chi connectivity index (χ0n) is 8.55. The van der Waals surface area contributed by atoms with E-state index in [9.17, 15) is 8.42 Å². The summed E-state index contributed by atoms with van der Waals surface area (Å²) in [5.74, 6) is 0. The van der Waals surface area contributed by atoms with Gasteiger partial charge in [-0.25, -0.2) is 8.42 Å². The first-order valence-corrected chi connectivity index (χ1v) is 6.48. The van der Waals surface area contributed by atoms with E-state index in [2.05, 4.69) is 0 Å². The van der Waals surface area contributed by atoms with E-state index < -0.39 is 15.9 Å². The molecule has 0 aliphatic heterocycles. The van der Waals surface area contributed by atoms with Gasteiger partial charge in [-0.2, -0.15) is 0 Å². The molecule has 1 atom stereocenters. The van der Waals surface area contributed by atoms with E-state index in [1.807, 2.05) is 0 Å². The van der Waals surface area contributed by atoms with E-state index in [0.29, 0.717) is 12.0 Å².